The Kier molecular flexibility index (Phi) is 2.74. The summed E-state index contributed by atoms with van der Waals surface area (Å²) in [6, 6.07) is 1.06. The Labute approximate surface area is 82.2 Å². The SMILES string of the molecule is Cc1cc(C=O)c(C)n1[C@@H](C)C(=O)O. The predicted octanol–water partition coefficient (Wildman–Crippen LogP) is 1.56. The van der Waals surface area contributed by atoms with Crippen LogP contribution in [-0.2, 0) is 4.79 Å². The maximum absolute atomic E-state index is 10.8. The number of hydrogen-bond donors (Lipinski definition) is 1. The second-order valence-electron chi connectivity index (χ2n) is 3.33. The summed E-state index contributed by atoms with van der Waals surface area (Å²) in [7, 11) is 0. The summed E-state index contributed by atoms with van der Waals surface area (Å²) < 4.78 is 1.64. The highest BCUT2D eigenvalue weighted by molar-refractivity contribution is 5.78. The van der Waals surface area contributed by atoms with Crippen LogP contribution < -0.4 is 0 Å². The molecule has 0 amide bonds. The molecular weight excluding hydrogens is 182 g/mol. The summed E-state index contributed by atoms with van der Waals surface area (Å²) in [5.41, 5.74) is 2.04. The molecule has 0 unspecified atom stereocenters. The van der Waals surface area contributed by atoms with Crippen LogP contribution >= 0.6 is 0 Å². The Bertz CT molecular complexity index is 379. The molecule has 0 radical (unpaired) electrons. The Morgan fingerprint density at radius 2 is 2.14 bits per heavy atom. The fraction of sp³-hybridized carbons (Fsp3) is 0.400. The first-order chi connectivity index (χ1) is 6.49. The number of aliphatic carboxylic acids is 1. The maximum atomic E-state index is 10.8. The number of carboxylic acids is 1. The van der Waals surface area contributed by atoms with Gasteiger partial charge in [-0.25, -0.2) is 4.79 Å². The number of aryl methyl sites for hydroxylation is 1. The summed E-state index contributed by atoms with van der Waals surface area (Å²) >= 11 is 0. The Hall–Kier alpha value is -1.58. The molecule has 0 aliphatic carbocycles. The van der Waals surface area contributed by atoms with Gasteiger partial charge in [0.05, 0.1) is 0 Å². The van der Waals surface area contributed by atoms with E-state index < -0.39 is 12.0 Å². The van der Waals surface area contributed by atoms with Crippen molar-refractivity contribution in [1.29, 1.82) is 0 Å². The number of carbonyl (C=O) groups excluding carboxylic acids is 1. The number of aldehydes is 1. The van der Waals surface area contributed by atoms with Crippen LogP contribution in [0.4, 0.5) is 0 Å². The predicted molar refractivity (Wildman–Crippen MR) is 51.6 cm³/mol. The second-order valence-corrected chi connectivity index (χ2v) is 3.33. The van der Waals surface area contributed by atoms with Gasteiger partial charge in [-0.3, -0.25) is 4.79 Å². The molecule has 0 saturated heterocycles. The molecule has 1 N–H and O–H groups in total. The smallest absolute Gasteiger partial charge is 0.326 e. The lowest BCUT2D eigenvalue weighted by molar-refractivity contribution is -0.140. The number of nitrogens with zero attached hydrogens (tertiary/aromatic N) is 1. The first kappa shape index (κ1) is 10.5. The summed E-state index contributed by atoms with van der Waals surface area (Å²) in [6.07, 6.45) is 0.743. The van der Waals surface area contributed by atoms with Crippen LogP contribution in [0.1, 0.15) is 34.7 Å². The molecule has 1 aromatic heterocycles. The van der Waals surface area contributed by atoms with E-state index in [0.29, 0.717) is 11.3 Å². The van der Waals surface area contributed by atoms with E-state index in [1.165, 1.54) is 0 Å². The highest BCUT2D eigenvalue weighted by atomic mass is 16.4. The van der Waals surface area contributed by atoms with Gasteiger partial charge in [0.25, 0.3) is 0 Å². The van der Waals surface area contributed by atoms with Gasteiger partial charge in [-0.1, -0.05) is 0 Å². The van der Waals surface area contributed by atoms with Gasteiger partial charge in [0.15, 0.2) is 6.29 Å². The van der Waals surface area contributed by atoms with Crippen LogP contribution in [0.25, 0.3) is 0 Å². The number of carbonyl (C=O) groups is 2. The van der Waals surface area contributed by atoms with Crippen molar-refractivity contribution in [3.63, 3.8) is 0 Å². The largest absolute Gasteiger partial charge is 0.480 e. The molecule has 76 valence electrons. The van der Waals surface area contributed by atoms with Crippen molar-refractivity contribution in [3.8, 4) is 0 Å². The van der Waals surface area contributed by atoms with Crippen molar-refractivity contribution < 1.29 is 14.7 Å². The third-order valence-corrected chi connectivity index (χ3v) is 2.40. The van der Waals surface area contributed by atoms with Crippen molar-refractivity contribution in [1.82, 2.24) is 4.57 Å². The van der Waals surface area contributed by atoms with E-state index in [0.717, 1.165) is 12.0 Å². The first-order valence-corrected chi connectivity index (χ1v) is 4.35. The van der Waals surface area contributed by atoms with Gasteiger partial charge in [-0.15, -0.1) is 0 Å². The van der Waals surface area contributed by atoms with Crippen molar-refractivity contribution >= 4 is 12.3 Å². The van der Waals surface area contributed by atoms with Gasteiger partial charge < -0.3 is 9.67 Å². The van der Waals surface area contributed by atoms with Gasteiger partial charge in [0.2, 0.25) is 0 Å². The number of rotatable bonds is 3. The molecule has 14 heavy (non-hydrogen) atoms. The van der Waals surface area contributed by atoms with Crippen LogP contribution in [0.3, 0.4) is 0 Å². The van der Waals surface area contributed by atoms with Gasteiger partial charge in [-0.05, 0) is 26.8 Å². The van der Waals surface area contributed by atoms with Crippen molar-refractivity contribution in [2.45, 2.75) is 26.8 Å². The van der Waals surface area contributed by atoms with E-state index >= 15 is 0 Å². The normalized spacial score (nSPS) is 12.5. The number of aromatic nitrogens is 1. The van der Waals surface area contributed by atoms with Crippen LogP contribution in [0.15, 0.2) is 6.07 Å². The lowest BCUT2D eigenvalue weighted by Gasteiger charge is -2.13. The maximum Gasteiger partial charge on any atom is 0.326 e. The number of carboxylic acid groups (broad SMARTS) is 1. The molecule has 4 nitrogen and oxygen atoms in total. The molecule has 1 heterocycles. The third-order valence-electron chi connectivity index (χ3n) is 2.40. The zero-order valence-corrected chi connectivity index (χ0v) is 8.44. The minimum absolute atomic E-state index is 0.551. The zero-order valence-electron chi connectivity index (χ0n) is 8.44. The van der Waals surface area contributed by atoms with E-state index in [9.17, 15) is 9.59 Å². The van der Waals surface area contributed by atoms with Gasteiger partial charge in [0.1, 0.15) is 6.04 Å². The Balaban J connectivity index is 3.26. The molecule has 4 heteroatoms. The number of hydrogen-bond acceptors (Lipinski definition) is 2. The summed E-state index contributed by atoms with van der Waals surface area (Å²) in [5.74, 6) is -0.899. The molecule has 1 atom stereocenters. The Morgan fingerprint density at radius 3 is 2.50 bits per heavy atom. The molecule has 0 bridgehead atoms. The standard InChI is InChI=1S/C10H13NO3/c1-6-4-9(5-12)7(2)11(6)8(3)10(13)14/h4-5,8H,1-3H3,(H,13,14)/t8-/m0/s1. The van der Waals surface area contributed by atoms with Crippen molar-refractivity contribution in [2.75, 3.05) is 0 Å². The summed E-state index contributed by atoms with van der Waals surface area (Å²) in [6.45, 7) is 5.13. The van der Waals surface area contributed by atoms with E-state index in [1.54, 1.807) is 31.4 Å². The molecule has 0 spiro atoms. The molecule has 0 fully saturated rings. The minimum Gasteiger partial charge on any atom is -0.480 e. The third kappa shape index (κ3) is 1.55. The molecule has 1 aromatic rings. The summed E-state index contributed by atoms with van der Waals surface area (Å²) in [5, 5.41) is 8.86. The highest BCUT2D eigenvalue weighted by Gasteiger charge is 2.18. The highest BCUT2D eigenvalue weighted by Crippen LogP contribution is 2.19. The van der Waals surface area contributed by atoms with E-state index in [2.05, 4.69) is 0 Å². The topological polar surface area (TPSA) is 59.3 Å². The van der Waals surface area contributed by atoms with E-state index in [1.807, 2.05) is 0 Å². The lowest BCUT2D eigenvalue weighted by atomic mass is 10.2. The quantitative estimate of drug-likeness (QED) is 0.744. The van der Waals surface area contributed by atoms with Crippen LogP contribution in [0.2, 0.25) is 0 Å². The summed E-state index contributed by atoms with van der Waals surface area (Å²) in [4.78, 5) is 21.4. The molecule has 1 rings (SSSR count). The van der Waals surface area contributed by atoms with Gasteiger partial charge in [0, 0.05) is 17.0 Å². The molecular formula is C10H13NO3. The average Bonchev–Trinajstić information content (AvgIpc) is 2.40. The zero-order chi connectivity index (χ0) is 10.9. The average molecular weight is 195 g/mol. The van der Waals surface area contributed by atoms with Gasteiger partial charge >= 0.3 is 5.97 Å². The fourth-order valence-corrected chi connectivity index (χ4v) is 1.63. The molecule has 0 aliphatic rings. The second kappa shape index (κ2) is 3.65. The van der Waals surface area contributed by atoms with E-state index in [-0.39, 0.29) is 0 Å². The van der Waals surface area contributed by atoms with Crippen molar-refractivity contribution in [3.05, 3.63) is 23.0 Å². The molecule has 0 saturated carbocycles. The first-order valence-electron chi connectivity index (χ1n) is 4.35. The van der Waals surface area contributed by atoms with E-state index in [4.69, 9.17) is 5.11 Å². The molecule has 0 aromatic carbocycles. The van der Waals surface area contributed by atoms with Gasteiger partial charge in [-0.2, -0.15) is 0 Å². The fourth-order valence-electron chi connectivity index (χ4n) is 1.63. The van der Waals surface area contributed by atoms with Crippen molar-refractivity contribution in [2.24, 2.45) is 0 Å². The van der Waals surface area contributed by atoms with Crippen LogP contribution in [-0.4, -0.2) is 21.9 Å². The monoisotopic (exact) mass is 195 g/mol. The van der Waals surface area contributed by atoms with Crippen LogP contribution in [0, 0.1) is 13.8 Å². The molecule has 0 aliphatic heterocycles. The van der Waals surface area contributed by atoms with Crippen LogP contribution in [0.5, 0.6) is 0 Å². The lowest BCUT2D eigenvalue weighted by Crippen LogP contribution is -2.17. The minimum atomic E-state index is -0.899. The Morgan fingerprint density at radius 1 is 1.57 bits per heavy atom.